The first kappa shape index (κ1) is 17.2. The first-order valence-electron chi connectivity index (χ1n) is 7.12. The van der Waals surface area contributed by atoms with Crippen molar-refractivity contribution in [2.75, 3.05) is 26.2 Å². The molecule has 3 amide bonds. The van der Waals surface area contributed by atoms with E-state index in [2.05, 4.69) is 24.1 Å². The minimum Gasteiger partial charge on any atom is -0.480 e. The highest BCUT2D eigenvalue weighted by atomic mass is 16.4. The Bertz CT molecular complexity index is 392. The number of carboxylic acid groups (broad SMARTS) is 1. The van der Waals surface area contributed by atoms with Crippen LogP contribution in [0.5, 0.6) is 0 Å². The van der Waals surface area contributed by atoms with Crippen LogP contribution in [0.1, 0.15) is 26.7 Å². The fourth-order valence-electron chi connectivity index (χ4n) is 2.23. The summed E-state index contributed by atoms with van der Waals surface area (Å²) >= 11 is 0. The summed E-state index contributed by atoms with van der Waals surface area (Å²) in [4.78, 5) is 37.7. The number of urea groups is 1. The maximum absolute atomic E-state index is 12.1. The van der Waals surface area contributed by atoms with Gasteiger partial charge in [0.15, 0.2) is 0 Å². The Morgan fingerprint density at radius 3 is 2.19 bits per heavy atom. The molecule has 1 aliphatic rings. The van der Waals surface area contributed by atoms with E-state index in [0.29, 0.717) is 19.1 Å². The number of rotatable bonds is 6. The molecule has 0 radical (unpaired) electrons. The number of carbonyl (C=O) groups excluding carboxylic acids is 2. The molecule has 4 N–H and O–H groups in total. The lowest BCUT2D eigenvalue weighted by molar-refractivity contribution is -0.139. The van der Waals surface area contributed by atoms with Crippen LogP contribution in [0.3, 0.4) is 0 Å². The van der Waals surface area contributed by atoms with Crippen LogP contribution < -0.4 is 11.1 Å². The average molecular weight is 300 g/mol. The first-order chi connectivity index (χ1) is 9.81. The lowest BCUT2D eigenvalue weighted by atomic mass is 10.1. The van der Waals surface area contributed by atoms with Crippen molar-refractivity contribution in [3.05, 3.63) is 0 Å². The van der Waals surface area contributed by atoms with Gasteiger partial charge in [0.2, 0.25) is 5.91 Å². The fraction of sp³-hybridized carbons (Fsp3) is 0.769. The van der Waals surface area contributed by atoms with Gasteiger partial charge in [-0.15, -0.1) is 0 Å². The van der Waals surface area contributed by atoms with E-state index < -0.39 is 23.9 Å². The van der Waals surface area contributed by atoms with Crippen LogP contribution in [0.4, 0.5) is 4.79 Å². The van der Waals surface area contributed by atoms with Crippen molar-refractivity contribution in [2.45, 2.75) is 38.8 Å². The van der Waals surface area contributed by atoms with E-state index in [1.54, 1.807) is 4.90 Å². The standard InChI is InChI=1S/C13H24N4O4/c1-9(2)16-5-7-17(8-6-16)13(21)15-10(12(19)20)3-4-11(14)18/h9-10H,3-8H2,1-2H3,(H2,14,18)(H,15,21)(H,19,20)/t10-/m1/s1. The maximum atomic E-state index is 12.1. The molecular weight excluding hydrogens is 276 g/mol. The van der Waals surface area contributed by atoms with E-state index in [1.807, 2.05) is 0 Å². The highest BCUT2D eigenvalue weighted by Gasteiger charge is 2.26. The van der Waals surface area contributed by atoms with Crippen LogP contribution in [-0.4, -0.2) is 71.1 Å². The SMILES string of the molecule is CC(C)N1CCN(C(=O)N[C@H](CCC(N)=O)C(=O)O)CC1. The number of carboxylic acids is 1. The minimum atomic E-state index is -1.16. The summed E-state index contributed by atoms with van der Waals surface area (Å²) in [6, 6.07) is -1.07. The Hall–Kier alpha value is -1.83. The number of nitrogens with two attached hydrogens (primary N) is 1. The average Bonchev–Trinajstić information content (AvgIpc) is 2.42. The molecule has 8 heteroatoms. The first-order valence-corrected chi connectivity index (χ1v) is 7.12. The predicted molar refractivity (Wildman–Crippen MR) is 76.7 cm³/mol. The molecular formula is C13H24N4O4. The van der Waals surface area contributed by atoms with Gasteiger partial charge < -0.3 is 21.1 Å². The zero-order valence-corrected chi connectivity index (χ0v) is 12.5. The zero-order valence-electron chi connectivity index (χ0n) is 12.5. The third-order valence-corrected chi connectivity index (χ3v) is 3.61. The van der Waals surface area contributed by atoms with E-state index in [4.69, 9.17) is 10.8 Å². The predicted octanol–water partition coefficient (Wildman–Crippen LogP) is -0.559. The molecule has 1 aliphatic heterocycles. The number of piperazine rings is 1. The molecule has 1 atom stereocenters. The van der Waals surface area contributed by atoms with Gasteiger partial charge in [0, 0.05) is 38.6 Å². The van der Waals surface area contributed by atoms with Crippen LogP contribution in [0.25, 0.3) is 0 Å². The maximum Gasteiger partial charge on any atom is 0.326 e. The topological polar surface area (TPSA) is 116 Å². The number of hydrogen-bond acceptors (Lipinski definition) is 4. The lowest BCUT2D eigenvalue weighted by Crippen LogP contribution is -2.55. The number of amides is 3. The zero-order chi connectivity index (χ0) is 16.0. The lowest BCUT2D eigenvalue weighted by Gasteiger charge is -2.37. The van der Waals surface area contributed by atoms with Crippen LogP contribution in [0.2, 0.25) is 0 Å². The summed E-state index contributed by atoms with van der Waals surface area (Å²) < 4.78 is 0. The molecule has 21 heavy (non-hydrogen) atoms. The van der Waals surface area contributed by atoms with Crippen molar-refractivity contribution in [3.63, 3.8) is 0 Å². The van der Waals surface area contributed by atoms with Crippen molar-refractivity contribution in [3.8, 4) is 0 Å². The molecule has 0 unspecified atom stereocenters. The van der Waals surface area contributed by atoms with Crippen molar-refractivity contribution in [2.24, 2.45) is 5.73 Å². The van der Waals surface area contributed by atoms with Crippen molar-refractivity contribution < 1.29 is 19.5 Å². The third kappa shape index (κ3) is 5.58. The van der Waals surface area contributed by atoms with E-state index in [9.17, 15) is 14.4 Å². The number of nitrogens with one attached hydrogen (secondary N) is 1. The van der Waals surface area contributed by atoms with Gasteiger partial charge in [0.25, 0.3) is 0 Å². The normalized spacial score (nSPS) is 17.6. The summed E-state index contributed by atoms with van der Waals surface area (Å²) in [6.45, 7) is 6.85. The number of hydrogen-bond donors (Lipinski definition) is 3. The quantitative estimate of drug-likeness (QED) is 0.608. The second-order valence-corrected chi connectivity index (χ2v) is 5.46. The smallest absolute Gasteiger partial charge is 0.326 e. The van der Waals surface area contributed by atoms with Crippen LogP contribution in [-0.2, 0) is 9.59 Å². The number of primary amides is 1. The Morgan fingerprint density at radius 2 is 1.76 bits per heavy atom. The number of nitrogens with zero attached hydrogens (tertiary/aromatic N) is 2. The van der Waals surface area contributed by atoms with Gasteiger partial charge in [0.1, 0.15) is 6.04 Å². The largest absolute Gasteiger partial charge is 0.480 e. The second-order valence-electron chi connectivity index (χ2n) is 5.46. The molecule has 8 nitrogen and oxygen atoms in total. The molecule has 0 aromatic heterocycles. The molecule has 1 rings (SSSR count). The van der Waals surface area contributed by atoms with Gasteiger partial charge in [0.05, 0.1) is 0 Å². The monoisotopic (exact) mass is 300 g/mol. The van der Waals surface area contributed by atoms with Gasteiger partial charge in [-0.05, 0) is 20.3 Å². The van der Waals surface area contributed by atoms with Crippen LogP contribution in [0.15, 0.2) is 0 Å². The molecule has 0 saturated carbocycles. The molecule has 0 bridgehead atoms. The Labute approximate surface area is 124 Å². The minimum absolute atomic E-state index is 0.00235. The molecule has 120 valence electrons. The van der Waals surface area contributed by atoms with Crippen molar-refractivity contribution in [1.82, 2.24) is 15.1 Å². The van der Waals surface area contributed by atoms with Crippen molar-refractivity contribution >= 4 is 17.9 Å². The molecule has 1 fully saturated rings. The summed E-state index contributed by atoms with van der Waals surface area (Å²) in [5.41, 5.74) is 5.00. The summed E-state index contributed by atoms with van der Waals surface area (Å²) in [5, 5.41) is 11.5. The molecule has 0 aromatic rings. The molecule has 0 aromatic carbocycles. The number of carbonyl (C=O) groups is 3. The summed E-state index contributed by atoms with van der Waals surface area (Å²) in [6.07, 6.45) is -0.0687. The van der Waals surface area contributed by atoms with E-state index in [-0.39, 0.29) is 12.8 Å². The molecule has 0 spiro atoms. The van der Waals surface area contributed by atoms with Gasteiger partial charge in [-0.2, -0.15) is 0 Å². The number of aliphatic carboxylic acids is 1. The fourth-order valence-corrected chi connectivity index (χ4v) is 2.23. The van der Waals surface area contributed by atoms with Gasteiger partial charge >= 0.3 is 12.0 Å². The van der Waals surface area contributed by atoms with Crippen molar-refractivity contribution in [1.29, 1.82) is 0 Å². The molecule has 1 heterocycles. The van der Waals surface area contributed by atoms with E-state index in [1.165, 1.54) is 0 Å². The summed E-state index contributed by atoms with van der Waals surface area (Å²) in [5.74, 6) is -1.74. The van der Waals surface area contributed by atoms with Gasteiger partial charge in [-0.1, -0.05) is 0 Å². The third-order valence-electron chi connectivity index (χ3n) is 3.61. The Balaban J connectivity index is 2.47. The molecule has 1 saturated heterocycles. The Morgan fingerprint density at radius 1 is 1.19 bits per heavy atom. The van der Waals surface area contributed by atoms with Crippen LogP contribution in [0, 0.1) is 0 Å². The summed E-state index contributed by atoms with van der Waals surface area (Å²) in [7, 11) is 0. The van der Waals surface area contributed by atoms with Gasteiger partial charge in [-0.3, -0.25) is 9.69 Å². The highest BCUT2D eigenvalue weighted by molar-refractivity contribution is 5.83. The highest BCUT2D eigenvalue weighted by Crippen LogP contribution is 2.07. The van der Waals surface area contributed by atoms with E-state index in [0.717, 1.165) is 13.1 Å². The second kappa shape index (κ2) is 7.82. The van der Waals surface area contributed by atoms with Gasteiger partial charge in [-0.25, -0.2) is 9.59 Å². The Kier molecular flexibility index (Phi) is 6.41. The molecule has 0 aliphatic carbocycles. The van der Waals surface area contributed by atoms with E-state index >= 15 is 0 Å². The van der Waals surface area contributed by atoms with Crippen LogP contribution >= 0.6 is 0 Å².